The van der Waals surface area contributed by atoms with Gasteiger partial charge in [0.2, 0.25) is 5.91 Å². The largest absolute Gasteiger partial charge is 0.487 e. The third-order valence-corrected chi connectivity index (χ3v) is 4.41. The molecule has 0 spiro atoms. The zero-order valence-corrected chi connectivity index (χ0v) is 13.6. The second-order valence-corrected chi connectivity index (χ2v) is 6.46. The average molecular weight is 341 g/mol. The maximum atomic E-state index is 11.9. The lowest BCUT2D eigenvalue weighted by molar-refractivity contribution is -0.122. The summed E-state index contributed by atoms with van der Waals surface area (Å²) in [5, 5.41) is 7.35. The predicted molar refractivity (Wildman–Crippen MR) is 88.6 cm³/mol. The maximum absolute atomic E-state index is 11.9. The van der Waals surface area contributed by atoms with Crippen molar-refractivity contribution < 1.29 is 9.53 Å². The Morgan fingerprint density at radius 2 is 2.18 bits per heavy atom. The Morgan fingerprint density at radius 3 is 3.05 bits per heavy atom. The molecule has 1 saturated heterocycles. The van der Waals surface area contributed by atoms with Gasteiger partial charge in [-0.05, 0) is 43.0 Å². The molecule has 1 atom stereocenters. The number of halogens is 2. The molecule has 3 rings (SSSR count). The van der Waals surface area contributed by atoms with Crippen molar-refractivity contribution in [3.63, 3.8) is 0 Å². The van der Waals surface area contributed by atoms with E-state index < -0.39 is 0 Å². The van der Waals surface area contributed by atoms with E-state index >= 15 is 0 Å². The Balaban J connectivity index is 1.68. The molecule has 2 aliphatic heterocycles. The van der Waals surface area contributed by atoms with Crippen LogP contribution < -0.4 is 15.4 Å². The number of hydrogen-bond acceptors (Lipinski definition) is 3. The van der Waals surface area contributed by atoms with Crippen molar-refractivity contribution in [3.05, 3.63) is 33.3 Å². The highest BCUT2D eigenvalue weighted by Gasteiger charge is 2.21. The topological polar surface area (TPSA) is 50.4 Å². The van der Waals surface area contributed by atoms with Gasteiger partial charge in [-0.2, -0.15) is 0 Å². The van der Waals surface area contributed by atoms with Crippen LogP contribution in [0.2, 0.25) is 10.0 Å². The quantitative estimate of drug-likeness (QED) is 0.889. The highest BCUT2D eigenvalue weighted by Crippen LogP contribution is 2.36. The van der Waals surface area contributed by atoms with Gasteiger partial charge in [-0.15, -0.1) is 0 Å². The Morgan fingerprint density at radius 1 is 1.32 bits per heavy atom. The van der Waals surface area contributed by atoms with Crippen molar-refractivity contribution in [3.8, 4) is 5.75 Å². The molecule has 0 aliphatic carbocycles. The molecule has 1 unspecified atom stereocenters. The van der Waals surface area contributed by atoms with Crippen LogP contribution in [0.3, 0.4) is 0 Å². The van der Waals surface area contributed by atoms with E-state index in [0.29, 0.717) is 28.9 Å². The van der Waals surface area contributed by atoms with Crippen molar-refractivity contribution in [2.24, 2.45) is 0 Å². The number of carbonyl (C=O) groups excluding carboxylic acids is 1. The summed E-state index contributed by atoms with van der Waals surface area (Å²) in [6.45, 7) is 1.85. The predicted octanol–water partition coefficient (Wildman–Crippen LogP) is 3.03. The van der Waals surface area contributed by atoms with Crippen molar-refractivity contribution in [1.29, 1.82) is 0 Å². The molecule has 0 aromatic heterocycles. The molecule has 0 saturated carbocycles. The Kier molecular flexibility index (Phi) is 4.91. The number of amides is 1. The minimum atomic E-state index is -0.132. The van der Waals surface area contributed by atoms with Gasteiger partial charge in [-0.3, -0.25) is 4.79 Å². The number of ether oxygens (including phenoxy) is 1. The van der Waals surface area contributed by atoms with E-state index in [1.807, 2.05) is 12.1 Å². The van der Waals surface area contributed by atoms with Crippen LogP contribution in [0, 0.1) is 0 Å². The molecule has 1 fully saturated rings. The molecule has 0 radical (unpaired) electrons. The first-order chi connectivity index (χ1) is 10.6. The van der Waals surface area contributed by atoms with Crippen molar-refractivity contribution in [2.75, 3.05) is 19.7 Å². The molecule has 0 bridgehead atoms. The summed E-state index contributed by atoms with van der Waals surface area (Å²) in [5.41, 5.74) is 1.95. The highest BCUT2D eigenvalue weighted by molar-refractivity contribution is 6.36. The number of nitrogens with one attached hydrogen (secondary N) is 2. The lowest BCUT2D eigenvalue weighted by Gasteiger charge is -2.21. The number of fused-ring (bicyclic) bond motifs is 1. The van der Waals surface area contributed by atoms with Gasteiger partial charge in [0, 0.05) is 23.7 Å². The van der Waals surface area contributed by atoms with E-state index in [1.54, 1.807) is 6.07 Å². The average Bonchev–Trinajstić information content (AvgIpc) is 2.69. The summed E-state index contributed by atoms with van der Waals surface area (Å²) in [5.74, 6) is 0.753. The van der Waals surface area contributed by atoms with Crippen molar-refractivity contribution in [2.45, 2.75) is 25.3 Å². The number of hydrogen-bond donors (Lipinski definition) is 2. The molecule has 2 aliphatic rings. The number of benzene rings is 1. The first-order valence-electron chi connectivity index (χ1n) is 7.46. The number of rotatable bonds is 3. The van der Waals surface area contributed by atoms with Crippen molar-refractivity contribution in [1.82, 2.24) is 10.6 Å². The molecule has 4 nitrogen and oxygen atoms in total. The summed E-state index contributed by atoms with van der Waals surface area (Å²) in [7, 11) is 0. The van der Waals surface area contributed by atoms with Crippen LogP contribution in [0.1, 0.15) is 24.8 Å². The molecule has 118 valence electrons. The third kappa shape index (κ3) is 3.57. The van der Waals surface area contributed by atoms with Gasteiger partial charge >= 0.3 is 0 Å². The van der Waals surface area contributed by atoms with Crippen molar-refractivity contribution >= 4 is 35.2 Å². The summed E-state index contributed by atoms with van der Waals surface area (Å²) in [6.07, 6.45) is 4.99. The van der Waals surface area contributed by atoms with Gasteiger partial charge in [-0.25, -0.2) is 0 Å². The first-order valence-corrected chi connectivity index (χ1v) is 8.21. The zero-order valence-electron chi connectivity index (χ0n) is 12.1. The van der Waals surface area contributed by atoms with E-state index in [4.69, 9.17) is 27.9 Å². The SMILES string of the molecule is O=C1NCCCCC1NCC1=Cc2cc(Cl)cc(Cl)c2OC1. The fourth-order valence-corrected chi connectivity index (χ4v) is 3.32. The summed E-state index contributed by atoms with van der Waals surface area (Å²) in [6, 6.07) is 3.38. The Bertz CT molecular complexity index is 616. The van der Waals surface area contributed by atoms with Gasteiger partial charge in [0.15, 0.2) is 0 Å². The number of carbonyl (C=O) groups is 1. The van der Waals surface area contributed by atoms with Gasteiger partial charge < -0.3 is 15.4 Å². The Labute approximate surface area is 139 Å². The molecule has 1 amide bonds. The van der Waals surface area contributed by atoms with Crippen LogP contribution in [-0.4, -0.2) is 31.6 Å². The van der Waals surface area contributed by atoms with Crippen LogP contribution in [0.15, 0.2) is 17.7 Å². The van der Waals surface area contributed by atoms with Gasteiger partial charge in [0.1, 0.15) is 12.4 Å². The Hall–Kier alpha value is -1.23. The molecule has 1 aromatic rings. The van der Waals surface area contributed by atoms with E-state index in [1.165, 1.54) is 0 Å². The van der Waals surface area contributed by atoms with E-state index in [-0.39, 0.29) is 11.9 Å². The fraction of sp³-hybridized carbons (Fsp3) is 0.438. The molecular formula is C16H18Cl2N2O2. The lowest BCUT2D eigenvalue weighted by Crippen LogP contribution is -2.43. The molecule has 6 heteroatoms. The van der Waals surface area contributed by atoms with E-state index in [2.05, 4.69) is 10.6 Å². The van der Waals surface area contributed by atoms with Crippen LogP contribution in [0.4, 0.5) is 0 Å². The van der Waals surface area contributed by atoms with Crippen LogP contribution in [0.5, 0.6) is 5.75 Å². The molecular weight excluding hydrogens is 323 g/mol. The summed E-state index contributed by atoms with van der Waals surface area (Å²) in [4.78, 5) is 11.9. The molecule has 1 aromatic carbocycles. The maximum Gasteiger partial charge on any atom is 0.237 e. The zero-order chi connectivity index (χ0) is 15.5. The summed E-state index contributed by atoms with van der Waals surface area (Å²) < 4.78 is 5.71. The van der Waals surface area contributed by atoms with Crippen LogP contribution in [-0.2, 0) is 4.79 Å². The second kappa shape index (κ2) is 6.90. The minimum Gasteiger partial charge on any atom is -0.487 e. The normalized spacial score (nSPS) is 21.3. The van der Waals surface area contributed by atoms with Gasteiger partial charge in [-0.1, -0.05) is 23.2 Å². The minimum absolute atomic E-state index is 0.0846. The molecule has 22 heavy (non-hydrogen) atoms. The fourth-order valence-electron chi connectivity index (χ4n) is 2.76. The van der Waals surface area contributed by atoms with Gasteiger partial charge in [0.05, 0.1) is 11.1 Å². The highest BCUT2D eigenvalue weighted by atomic mass is 35.5. The summed E-state index contributed by atoms with van der Waals surface area (Å²) >= 11 is 12.2. The second-order valence-electron chi connectivity index (χ2n) is 5.62. The molecule has 2 heterocycles. The smallest absolute Gasteiger partial charge is 0.237 e. The van der Waals surface area contributed by atoms with Gasteiger partial charge in [0.25, 0.3) is 0 Å². The monoisotopic (exact) mass is 340 g/mol. The third-order valence-electron chi connectivity index (χ3n) is 3.91. The lowest BCUT2D eigenvalue weighted by atomic mass is 10.1. The first kappa shape index (κ1) is 15.7. The molecule has 2 N–H and O–H groups in total. The van der Waals surface area contributed by atoms with Crippen LogP contribution in [0.25, 0.3) is 6.08 Å². The van der Waals surface area contributed by atoms with E-state index in [9.17, 15) is 4.79 Å². The standard InChI is InChI=1S/C16H18Cl2N2O2/c17-12-6-11-5-10(9-22-15(11)13(18)7-12)8-20-14-3-1-2-4-19-16(14)21/h5-7,14,20H,1-4,8-9H2,(H,19,21). The van der Waals surface area contributed by atoms with E-state index in [0.717, 1.165) is 36.9 Å². The van der Waals surface area contributed by atoms with Crippen LogP contribution >= 0.6 is 23.2 Å².